The molecule has 5 heteroatoms. The van der Waals surface area contributed by atoms with Crippen molar-refractivity contribution in [3.05, 3.63) is 16.1 Å². The van der Waals surface area contributed by atoms with Crippen LogP contribution in [0.15, 0.2) is 5.38 Å². The lowest BCUT2D eigenvalue weighted by molar-refractivity contribution is -0.137. The molecular formula is C10H16N2O2S. The molecule has 0 aliphatic rings. The van der Waals surface area contributed by atoms with Gasteiger partial charge in [-0.25, -0.2) is 4.98 Å². The van der Waals surface area contributed by atoms with Crippen molar-refractivity contribution in [1.82, 2.24) is 10.3 Å². The molecule has 0 atom stereocenters. The average molecular weight is 228 g/mol. The van der Waals surface area contributed by atoms with E-state index in [2.05, 4.69) is 10.3 Å². The molecule has 1 rings (SSSR count). The second-order valence-corrected chi connectivity index (χ2v) is 4.32. The molecule has 0 bridgehead atoms. The van der Waals surface area contributed by atoms with Gasteiger partial charge in [-0.05, 0) is 19.9 Å². The smallest absolute Gasteiger partial charge is 0.303 e. The van der Waals surface area contributed by atoms with E-state index in [1.165, 1.54) is 0 Å². The maximum absolute atomic E-state index is 10.2. The van der Waals surface area contributed by atoms with Gasteiger partial charge in [-0.15, -0.1) is 11.3 Å². The Morgan fingerprint density at radius 3 is 3.00 bits per heavy atom. The first-order valence-electron chi connectivity index (χ1n) is 5.02. The van der Waals surface area contributed by atoms with Crippen LogP contribution in [0, 0.1) is 6.92 Å². The van der Waals surface area contributed by atoms with Crippen LogP contribution < -0.4 is 5.32 Å². The van der Waals surface area contributed by atoms with Crippen LogP contribution in [0.3, 0.4) is 0 Å². The number of thiazole rings is 1. The van der Waals surface area contributed by atoms with Gasteiger partial charge in [0.05, 0.1) is 5.01 Å². The fourth-order valence-electron chi connectivity index (χ4n) is 1.20. The molecule has 1 aromatic heterocycles. The number of carboxylic acid groups (broad SMARTS) is 1. The zero-order valence-corrected chi connectivity index (χ0v) is 9.64. The van der Waals surface area contributed by atoms with Crippen LogP contribution in [-0.2, 0) is 11.2 Å². The number of carbonyl (C=O) groups is 1. The zero-order chi connectivity index (χ0) is 11.1. The maximum Gasteiger partial charge on any atom is 0.303 e. The fourth-order valence-corrected chi connectivity index (χ4v) is 1.98. The molecule has 0 unspecified atom stereocenters. The Morgan fingerprint density at radius 1 is 1.60 bits per heavy atom. The number of carboxylic acids is 1. The summed E-state index contributed by atoms with van der Waals surface area (Å²) in [4.78, 5) is 14.6. The molecule has 0 radical (unpaired) electrons. The molecular weight excluding hydrogens is 212 g/mol. The third kappa shape index (κ3) is 5.49. The quantitative estimate of drug-likeness (QED) is 0.693. The molecule has 0 fully saturated rings. The minimum Gasteiger partial charge on any atom is -0.481 e. The van der Waals surface area contributed by atoms with Gasteiger partial charge in [-0.2, -0.15) is 0 Å². The van der Waals surface area contributed by atoms with Crippen molar-refractivity contribution in [2.75, 3.05) is 13.1 Å². The highest BCUT2D eigenvalue weighted by molar-refractivity contribution is 7.09. The standard InChI is InChI=1S/C10H16N2O2S/c1-8-7-15-9(12-8)4-6-11-5-2-3-10(13)14/h7,11H,2-6H2,1H3,(H,13,14). The van der Waals surface area contributed by atoms with Crippen LogP contribution in [0.2, 0.25) is 0 Å². The van der Waals surface area contributed by atoms with E-state index < -0.39 is 5.97 Å². The predicted octanol–water partition coefficient (Wildman–Crippen LogP) is 1.45. The van der Waals surface area contributed by atoms with Gasteiger partial charge in [-0.1, -0.05) is 0 Å². The maximum atomic E-state index is 10.2. The van der Waals surface area contributed by atoms with Crippen molar-refractivity contribution >= 4 is 17.3 Å². The van der Waals surface area contributed by atoms with E-state index in [4.69, 9.17) is 5.11 Å². The SMILES string of the molecule is Cc1csc(CCNCCCC(=O)O)n1. The normalized spacial score (nSPS) is 10.5. The number of nitrogens with zero attached hydrogens (tertiary/aromatic N) is 1. The van der Waals surface area contributed by atoms with Crippen molar-refractivity contribution in [2.45, 2.75) is 26.2 Å². The topological polar surface area (TPSA) is 62.2 Å². The highest BCUT2D eigenvalue weighted by Crippen LogP contribution is 2.08. The molecule has 1 heterocycles. The second kappa shape index (κ2) is 6.53. The van der Waals surface area contributed by atoms with Gasteiger partial charge in [0.1, 0.15) is 0 Å². The molecule has 1 aromatic rings. The predicted molar refractivity (Wildman–Crippen MR) is 60.3 cm³/mol. The van der Waals surface area contributed by atoms with Crippen LogP contribution in [0.5, 0.6) is 0 Å². The van der Waals surface area contributed by atoms with E-state index in [0.29, 0.717) is 6.42 Å². The molecule has 0 saturated carbocycles. The lowest BCUT2D eigenvalue weighted by Crippen LogP contribution is -2.19. The Balaban J connectivity index is 2.00. The van der Waals surface area contributed by atoms with Gasteiger partial charge >= 0.3 is 5.97 Å². The summed E-state index contributed by atoms with van der Waals surface area (Å²) in [5.74, 6) is -0.729. The average Bonchev–Trinajstić information content (AvgIpc) is 2.57. The van der Waals surface area contributed by atoms with Crippen LogP contribution in [0.25, 0.3) is 0 Å². The van der Waals surface area contributed by atoms with E-state index in [1.54, 1.807) is 11.3 Å². The summed E-state index contributed by atoms with van der Waals surface area (Å²) in [6.45, 7) is 3.61. The van der Waals surface area contributed by atoms with Gasteiger partial charge < -0.3 is 10.4 Å². The van der Waals surface area contributed by atoms with Gasteiger partial charge in [0.15, 0.2) is 0 Å². The Morgan fingerprint density at radius 2 is 2.40 bits per heavy atom. The Kier molecular flexibility index (Phi) is 5.28. The molecule has 0 aliphatic carbocycles. The van der Waals surface area contributed by atoms with E-state index in [1.807, 2.05) is 12.3 Å². The van der Waals surface area contributed by atoms with Gasteiger partial charge in [0.25, 0.3) is 0 Å². The van der Waals surface area contributed by atoms with Crippen LogP contribution in [0.4, 0.5) is 0 Å². The molecule has 2 N–H and O–H groups in total. The highest BCUT2D eigenvalue weighted by atomic mass is 32.1. The van der Waals surface area contributed by atoms with Crippen LogP contribution in [-0.4, -0.2) is 29.1 Å². The number of aromatic nitrogens is 1. The first-order chi connectivity index (χ1) is 7.18. The Bertz CT molecular complexity index is 312. The van der Waals surface area contributed by atoms with Crippen LogP contribution in [0.1, 0.15) is 23.5 Å². The van der Waals surface area contributed by atoms with Crippen molar-refractivity contribution < 1.29 is 9.90 Å². The summed E-state index contributed by atoms with van der Waals surface area (Å²) >= 11 is 1.67. The fraction of sp³-hybridized carbons (Fsp3) is 0.600. The first-order valence-corrected chi connectivity index (χ1v) is 5.90. The monoisotopic (exact) mass is 228 g/mol. The summed E-state index contributed by atoms with van der Waals surface area (Å²) < 4.78 is 0. The minimum atomic E-state index is -0.729. The highest BCUT2D eigenvalue weighted by Gasteiger charge is 1.98. The van der Waals surface area contributed by atoms with E-state index in [-0.39, 0.29) is 6.42 Å². The van der Waals surface area contributed by atoms with E-state index in [9.17, 15) is 4.79 Å². The third-order valence-electron chi connectivity index (χ3n) is 1.93. The van der Waals surface area contributed by atoms with Gasteiger partial charge in [0, 0.05) is 30.5 Å². The molecule has 15 heavy (non-hydrogen) atoms. The lowest BCUT2D eigenvalue weighted by Gasteiger charge is -2.01. The third-order valence-corrected chi connectivity index (χ3v) is 2.95. The summed E-state index contributed by atoms with van der Waals surface area (Å²) in [5, 5.41) is 14.8. The number of hydrogen-bond acceptors (Lipinski definition) is 4. The number of nitrogens with one attached hydrogen (secondary N) is 1. The Labute approximate surface area is 93.4 Å². The molecule has 0 aromatic carbocycles. The lowest BCUT2D eigenvalue weighted by atomic mass is 10.3. The Hall–Kier alpha value is -0.940. The molecule has 84 valence electrons. The number of aliphatic carboxylic acids is 1. The zero-order valence-electron chi connectivity index (χ0n) is 8.82. The molecule has 0 aliphatic heterocycles. The molecule has 4 nitrogen and oxygen atoms in total. The first kappa shape index (κ1) is 12.1. The molecule has 0 saturated heterocycles. The number of aryl methyl sites for hydroxylation is 1. The van der Waals surface area contributed by atoms with Gasteiger partial charge in [0.2, 0.25) is 0 Å². The van der Waals surface area contributed by atoms with Gasteiger partial charge in [-0.3, -0.25) is 4.79 Å². The van der Waals surface area contributed by atoms with E-state index >= 15 is 0 Å². The summed E-state index contributed by atoms with van der Waals surface area (Å²) in [7, 11) is 0. The molecule has 0 amide bonds. The van der Waals surface area contributed by atoms with Crippen molar-refractivity contribution in [3.8, 4) is 0 Å². The van der Waals surface area contributed by atoms with Crippen molar-refractivity contribution in [1.29, 1.82) is 0 Å². The minimum absolute atomic E-state index is 0.239. The van der Waals surface area contributed by atoms with E-state index in [0.717, 1.165) is 30.2 Å². The number of rotatable bonds is 7. The van der Waals surface area contributed by atoms with Crippen molar-refractivity contribution in [2.24, 2.45) is 0 Å². The second-order valence-electron chi connectivity index (χ2n) is 3.38. The number of hydrogen-bond donors (Lipinski definition) is 2. The van der Waals surface area contributed by atoms with Crippen molar-refractivity contribution in [3.63, 3.8) is 0 Å². The van der Waals surface area contributed by atoms with Crippen LogP contribution >= 0.6 is 11.3 Å². The summed E-state index contributed by atoms with van der Waals surface area (Å²) in [6, 6.07) is 0. The summed E-state index contributed by atoms with van der Waals surface area (Å²) in [5.41, 5.74) is 1.07. The summed E-state index contributed by atoms with van der Waals surface area (Å²) in [6.07, 6.45) is 1.85. The molecule has 0 spiro atoms. The largest absolute Gasteiger partial charge is 0.481 e.